The summed E-state index contributed by atoms with van der Waals surface area (Å²) in [5.74, 6) is 0.145. The molecule has 0 aliphatic heterocycles. The summed E-state index contributed by atoms with van der Waals surface area (Å²) in [6, 6.07) is 0. The van der Waals surface area contributed by atoms with Gasteiger partial charge in [0, 0.05) is 7.05 Å². The third-order valence-electron chi connectivity index (χ3n) is 3.88. The van der Waals surface area contributed by atoms with E-state index in [4.69, 9.17) is 5.73 Å². The molecule has 1 heterocycles. The van der Waals surface area contributed by atoms with E-state index in [-0.39, 0.29) is 5.78 Å². The lowest BCUT2D eigenvalue weighted by atomic mass is 9.90. The smallest absolute Gasteiger partial charge is 0.158 e. The van der Waals surface area contributed by atoms with Gasteiger partial charge in [-0.2, -0.15) is 5.10 Å². The number of carbonyl (C=O) groups excluding carboxylic acids is 1. The van der Waals surface area contributed by atoms with Gasteiger partial charge in [0.2, 0.25) is 0 Å². The summed E-state index contributed by atoms with van der Waals surface area (Å²) in [7, 11) is 1.88. The largest absolute Gasteiger partial charge is 0.319 e. The number of rotatable bonds is 4. The second-order valence-electron chi connectivity index (χ2n) is 5.15. The van der Waals surface area contributed by atoms with Crippen molar-refractivity contribution in [3.63, 3.8) is 0 Å². The van der Waals surface area contributed by atoms with Crippen molar-refractivity contribution >= 4 is 21.7 Å². The number of ketones is 1. The molecule has 0 saturated heterocycles. The summed E-state index contributed by atoms with van der Waals surface area (Å²) in [5.41, 5.74) is 7.53. The molecule has 0 aromatic carbocycles. The van der Waals surface area contributed by atoms with Crippen LogP contribution < -0.4 is 5.73 Å². The highest BCUT2D eigenvalue weighted by Crippen LogP contribution is 2.30. The quantitative estimate of drug-likeness (QED) is 0.926. The lowest BCUT2D eigenvalue weighted by Gasteiger charge is -2.21. The Morgan fingerprint density at radius 1 is 1.50 bits per heavy atom. The van der Waals surface area contributed by atoms with E-state index >= 15 is 0 Å². The van der Waals surface area contributed by atoms with E-state index < -0.39 is 5.54 Å². The van der Waals surface area contributed by atoms with Crippen molar-refractivity contribution in [3.05, 3.63) is 15.9 Å². The molecule has 1 fully saturated rings. The Balaban J connectivity index is 2.19. The van der Waals surface area contributed by atoms with Crippen LogP contribution in [0.1, 0.15) is 44.0 Å². The molecule has 1 aromatic rings. The maximum Gasteiger partial charge on any atom is 0.158 e. The molecule has 1 saturated carbocycles. The van der Waals surface area contributed by atoms with Crippen molar-refractivity contribution in [2.24, 2.45) is 12.8 Å². The number of Topliss-reactive ketones (excluding diaryl/α,β-unsaturated/α-hetero) is 1. The Bertz CT molecular complexity index is 461. The SMILES string of the molecule is CCc1nn(C)c(CC(=O)C2(N)CCCC2)c1Br. The van der Waals surface area contributed by atoms with Gasteiger partial charge in [-0.05, 0) is 35.2 Å². The molecule has 2 rings (SSSR count). The minimum atomic E-state index is -0.601. The molecule has 0 spiro atoms. The van der Waals surface area contributed by atoms with E-state index in [0.717, 1.165) is 48.0 Å². The van der Waals surface area contributed by atoms with Crippen LogP contribution in [0.15, 0.2) is 4.47 Å². The van der Waals surface area contributed by atoms with Gasteiger partial charge in [-0.3, -0.25) is 9.48 Å². The minimum Gasteiger partial charge on any atom is -0.319 e. The first-order chi connectivity index (χ1) is 8.48. The van der Waals surface area contributed by atoms with E-state index in [1.54, 1.807) is 4.68 Å². The summed E-state index contributed by atoms with van der Waals surface area (Å²) in [5, 5.41) is 4.41. The molecule has 5 heteroatoms. The van der Waals surface area contributed by atoms with E-state index in [1.165, 1.54) is 0 Å². The second kappa shape index (κ2) is 5.13. The first kappa shape index (κ1) is 13.7. The fourth-order valence-electron chi connectivity index (χ4n) is 2.62. The van der Waals surface area contributed by atoms with Crippen molar-refractivity contribution in [2.75, 3.05) is 0 Å². The summed E-state index contributed by atoms with van der Waals surface area (Å²) in [4.78, 5) is 12.4. The molecule has 1 aliphatic rings. The molecule has 0 bridgehead atoms. The molecule has 0 unspecified atom stereocenters. The van der Waals surface area contributed by atoms with Crippen molar-refractivity contribution in [2.45, 2.75) is 51.0 Å². The molecule has 0 radical (unpaired) electrons. The van der Waals surface area contributed by atoms with Crippen molar-refractivity contribution in [3.8, 4) is 0 Å². The topological polar surface area (TPSA) is 60.9 Å². The standard InChI is InChI=1S/C13H20BrN3O/c1-3-9-12(14)10(17(2)16-9)8-11(18)13(15)6-4-5-7-13/h3-8,15H2,1-2H3. The number of nitrogens with two attached hydrogens (primary N) is 1. The summed E-state index contributed by atoms with van der Waals surface area (Å²) < 4.78 is 2.75. The monoisotopic (exact) mass is 313 g/mol. The summed E-state index contributed by atoms with van der Waals surface area (Å²) in [6.07, 6.45) is 5.00. The number of nitrogens with zero attached hydrogens (tertiary/aromatic N) is 2. The summed E-state index contributed by atoms with van der Waals surface area (Å²) in [6.45, 7) is 2.06. The zero-order valence-electron chi connectivity index (χ0n) is 11.0. The van der Waals surface area contributed by atoms with Gasteiger partial charge in [0.25, 0.3) is 0 Å². The molecular formula is C13H20BrN3O. The van der Waals surface area contributed by atoms with Crippen LogP contribution in [-0.2, 0) is 24.7 Å². The van der Waals surface area contributed by atoms with Gasteiger partial charge >= 0.3 is 0 Å². The number of halogens is 1. The highest BCUT2D eigenvalue weighted by atomic mass is 79.9. The molecule has 1 aromatic heterocycles. The Morgan fingerprint density at radius 2 is 2.11 bits per heavy atom. The van der Waals surface area contributed by atoms with Crippen LogP contribution in [0.3, 0.4) is 0 Å². The van der Waals surface area contributed by atoms with Gasteiger partial charge in [-0.1, -0.05) is 19.8 Å². The lowest BCUT2D eigenvalue weighted by molar-refractivity contribution is -0.123. The molecular weight excluding hydrogens is 294 g/mol. The van der Waals surface area contributed by atoms with Gasteiger partial charge in [-0.25, -0.2) is 0 Å². The van der Waals surface area contributed by atoms with Gasteiger partial charge in [-0.15, -0.1) is 0 Å². The average molecular weight is 314 g/mol. The number of hydrogen-bond acceptors (Lipinski definition) is 3. The maximum atomic E-state index is 12.4. The Morgan fingerprint density at radius 3 is 2.61 bits per heavy atom. The van der Waals surface area contributed by atoms with Gasteiger partial charge in [0.15, 0.2) is 5.78 Å². The number of aryl methyl sites for hydroxylation is 2. The Hall–Kier alpha value is -0.680. The summed E-state index contributed by atoms with van der Waals surface area (Å²) >= 11 is 3.54. The molecule has 4 nitrogen and oxygen atoms in total. The Kier molecular flexibility index (Phi) is 3.92. The van der Waals surface area contributed by atoms with Gasteiger partial charge in [0.05, 0.1) is 27.8 Å². The highest BCUT2D eigenvalue weighted by Gasteiger charge is 2.37. The predicted molar refractivity (Wildman–Crippen MR) is 74.4 cm³/mol. The fraction of sp³-hybridized carbons (Fsp3) is 0.692. The second-order valence-corrected chi connectivity index (χ2v) is 5.94. The first-order valence-electron chi connectivity index (χ1n) is 6.50. The van der Waals surface area contributed by atoms with Crippen molar-refractivity contribution in [1.29, 1.82) is 0 Å². The predicted octanol–water partition coefficient (Wildman–Crippen LogP) is 2.13. The number of hydrogen-bond donors (Lipinski definition) is 1. The molecule has 0 amide bonds. The average Bonchev–Trinajstić information content (AvgIpc) is 2.89. The van der Waals surface area contributed by atoms with Crippen LogP contribution in [0.5, 0.6) is 0 Å². The van der Waals surface area contributed by atoms with E-state index in [1.807, 2.05) is 7.05 Å². The maximum absolute atomic E-state index is 12.4. The highest BCUT2D eigenvalue weighted by molar-refractivity contribution is 9.10. The number of aromatic nitrogens is 2. The van der Waals surface area contributed by atoms with E-state index in [9.17, 15) is 4.79 Å². The van der Waals surface area contributed by atoms with Crippen molar-refractivity contribution in [1.82, 2.24) is 9.78 Å². The number of carbonyl (C=O) groups is 1. The lowest BCUT2D eigenvalue weighted by Crippen LogP contribution is -2.46. The van der Waals surface area contributed by atoms with Gasteiger partial charge < -0.3 is 5.73 Å². The van der Waals surface area contributed by atoms with Crippen LogP contribution in [0.25, 0.3) is 0 Å². The minimum absolute atomic E-state index is 0.145. The fourth-order valence-corrected chi connectivity index (χ4v) is 3.38. The Labute approximate surface area is 116 Å². The molecule has 2 N–H and O–H groups in total. The third-order valence-corrected chi connectivity index (χ3v) is 4.80. The van der Waals surface area contributed by atoms with Crippen LogP contribution in [0.2, 0.25) is 0 Å². The first-order valence-corrected chi connectivity index (χ1v) is 7.29. The normalized spacial score (nSPS) is 18.2. The van der Waals surface area contributed by atoms with Gasteiger partial charge in [0.1, 0.15) is 0 Å². The molecule has 1 aliphatic carbocycles. The van der Waals surface area contributed by atoms with Crippen LogP contribution in [0.4, 0.5) is 0 Å². The van der Waals surface area contributed by atoms with Crippen molar-refractivity contribution < 1.29 is 4.79 Å². The third kappa shape index (κ3) is 2.38. The zero-order valence-corrected chi connectivity index (χ0v) is 12.6. The molecule has 0 atom stereocenters. The van der Waals surface area contributed by atoms with E-state index in [0.29, 0.717) is 6.42 Å². The molecule has 100 valence electrons. The van der Waals surface area contributed by atoms with Crippen LogP contribution >= 0.6 is 15.9 Å². The van der Waals surface area contributed by atoms with Crippen LogP contribution in [-0.4, -0.2) is 21.1 Å². The van der Waals surface area contributed by atoms with Crippen LogP contribution in [0, 0.1) is 0 Å². The van der Waals surface area contributed by atoms with E-state index in [2.05, 4.69) is 28.0 Å². The zero-order chi connectivity index (χ0) is 13.3. The molecule has 18 heavy (non-hydrogen) atoms.